The standard InChI is InChI=1S/C15H12ClN3O3S2/c1-2-7-18-10-4-3-9(16)8-12(10)24-15(18)17-14(20)11-5-6-13(23-11)19(21)22/h3-6,8H,2,7H2,1H3. The highest BCUT2D eigenvalue weighted by atomic mass is 35.5. The number of halogens is 1. The lowest BCUT2D eigenvalue weighted by atomic mass is 10.3. The second kappa shape index (κ2) is 6.84. The first-order valence-corrected chi connectivity index (χ1v) is 9.13. The molecule has 3 aromatic rings. The molecule has 24 heavy (non-hydrogen) atoms. The Balaban J connectivity index is 2.09. The Morgan fingerprint density at radius 3 is 2.79 bits per heavy atom. The van der Waals surface area contributed by atoms with Crippen LogP contribution in [-0.2, 0) is 6.54 Å². The lowest BCUT2D eigenvalue weighted by Crippen LogP contribution is -2.16. The van der Waals surface area contributed by atoms with Gasteiger partial charge in [-0.05, 0) is 30.7 Å². The molecule has 3 rings (SSSR count). The average Bonchev–Trinajstić information content (AvgIpc) is 3.13. The summed E-state index contributed by atoms with van der Waals surface area (Å²) < 4.78 is 2.91. The third-order valence-corrected chi connectivity index (χ3v) is 5.57. The fourth-order valence-electron chi connectivity index (χ4n) is 2.25. The molecule has 0 bridgehead atoms. The summed E-state index contributed by atoms with van der Waals surface area (Å²) in [4.78, 5) is 27.6. The average molecular weight is 382 g/mol. The van der Waals surface area contributed by atoms with Crippen LogP contribution in [0.1, 0.15) is 23.0 Å². The number of hydrogen-bond acceptors (Lipinski definition) is 5. The molecule has 0 aliphatic rings. The molecule has 0 atom stereocenters. The van der Waals surface area contributed by atoms with E-state index in [-0.39, 0.29) is 9.88 Å². The molecule has 0 saturated carbocycles. The number of nitrogens with zero attached hydrogens (tertiary/aromatic N) is 3. The number of thiazole rings is 1. The van der Waals surface area contributed by atoms with E-state index >= 15 is 0 Å². The number of aryl methyl sites for hydroxylation is 1. The summed E-state index contributed by atoms with van der Waals surface area (Å²) in [5, 5.41) is 11.3. The van der Waals surface area contributed by atoms with E-state index in [2.05, 4.69) is 4.99 Å². The number of carbonyl (C=O) groups excluding carboxylic acids is 1. The molecular weight excluding hydrogens is 370 g/mol. The predicted octanol–water partition coefficient (Wildman–Crippen LogP) is 4.48. The first-order chi connectivity index (χ1) is 11.5. The number of amides is 1. The van der Waals surface area contributed by atoms with E-state index in [4.69, 9.17) is 11.6 Å². The summed E-state index contributed by atoms with van der Waals surface area (Å²) >= 11 is 8.23. The molecule has 9 heteroatoms. The van der Waals surface area contributed by atoms with Crippen molar-refractivity contribution in [2.75, 3.05) is 0 Å². The molecule has 0 unspecified atom stereocenters. The van der Waals surface area contributed by atoms with Crippen LogP contribution in [0.25, 0.3) is 10.2 Å². The molecule has 2 heterocycles. The molecule has 0 aliphatic carbocycles. The van der Waals surface area contributed by atoms with Crippen molar-refractivity contribution in [2.45, 2.75) is 19.9 Å². The van der Waals surface area contributed by atoms with Gasteiger partial charge in [0.1, 0.15) is 4.88 Å². The maximum Gasteiger partial charge on any atom is 0.324 e. The van der Waals surface area contributed by atoms with Crippen LogP contribution in [0.2, 0.25) is 5.02 Å². The number of nitro groups is 1. The van der Waals surface area contributed by atoms with Crippen molar-refractivity contribution >= 4 is 55.4 Å². The van der Waals surface area contributed by atoms with Crippen molar-refractivity contribution in [2.24, 2.45) is 4.99 Å². The summed E-state index contributed by atoms with van der Waals surface area (Å²) in [5.41, 5.74) is 0.968. The normalized spacial score (nSPS) is 12.0. The zero-order valence-corrected chi connectivity index (χ0v) is 15.0. The van der Waals surface area contributed by atoms with Crippen molar-refractivity contribution < 1.29 is 9.72 Å². The maximum absolute atomic E-state index is 12.3. The van der Waals surface area contributed by atoms with E-state index in [1.165, 1.54) is 23.5 Å². The number of carbonyl (C=O) groups is 1. The van der Waals surface area contributed by atoms with Gasteiger partial charge in [-0.1, -0.05) is 41.2 Å². The summed E-state index contributed by atoms with van der Waals surface area (Å²) in [6, 6.07) is 8.30. The van der Waals surface area contributed by atoms with Gasteiger partial charge in [0.2, 0.25) is 0 Å². The number of aromatic nitrogens is 1. The Morgan fingerprint density at radius 2 is 2.12 bits per heavy atom. The molecule has 0 saturated heterocycles. The van der Waals surface area contributed by atoms with Crippen LogP contribution in [-0.4, -0.2) is 15.4 Å². The van der Waals surface area contributed by atoms with E-state index in [0.717, 1.165) is 34.5 Å². The van der Waals surface area contributed by atoms with Gasteiger partial charge in [-0.3, -0.25) is 14.9 Å². The third kappa shape index (κ3) is 3.26. The summed E-state index contributed by atoms with van der Waals surface area (Å²) in [6.45, 7) is 2.76. The van der Waals surface area contributed by atoms with Gasteiger partial charge in [-0.2, -0.15) is 4.99 Å². The Morgan fingerprint density at radius 1 is 1.33 bits per heavy atom. The Labute approximate surface area is 149 Å². The van der Waals surface area contributed by atoms with Crippen molar-refractivity contribution in [3.63, 3.8) is 0 Å². The highest BCUT2D eigenvalue weighted by Crippen LogP contribution is 2.25. The van der Waals surface area contributed by atoms with Gasteiger partial charge >= 0.3 is 5.00 Å². The minimum atomic E-state index is -0.514. The van der Waals surface area contributed by atoms with Crippen LogP contribution in [0.3, 0.4) is 0 Å². The van der Waals surface area contributed by atoms with E-state index in [1.807, 2.05) is 23.6 Å². The van der Waals surface area contributed by atoms with E-state index in [9.17, 15) is 14.9 Å². The minimum absolute atomic E-state index is 0.0712. The zero-order valence-electron chi connectivity index (χ0n) is 12.6. The molecule has 1 aromatic carbocycles. The second-order valence-electron chi connectivity index (χ2n) is 4.96. The molecule has 124 valence electrons. The van der Waals surface area contributed by atoms with Crippen LogP contribution in [0.15, 0.2) is 35.3 Å². The maximum atomic E-state index is 12.3. The quantitative estimate of drug-likeness (QED) is 0.493. The lowest BCUT2D eigenvalue weighted by molar-refractivity contribution is -0.380. The highest BCUT2D eigenvalue weighted by molar-refractivity contribution is 7.17. The second-order valence-corrected chi connectivity index (χ2v) is 7.47. The van der Waals surface area contributed by atoms with Gasteiger partial charge in [0, 0.05) is 17.6 Å². The molecule has 1 amide bonds. The molecule has 0 N–H and O–H groups in total. The first kappa shape index (κ1) is 16.8. The van der Waals surface area contributed by atoms with Crippen LogP contribution in [0.5, 0.6) is 0 Å². The Kier molecular flexibility index (Phi) is 4.79. The number of rotatable bonds is 4. The molecule has 0 spiro atoms. The smallest absolute Gasteiger partial charge is 0.316 e. The topological polar surface area (TPSA) is 77.5 Å². The van der Waals surface area contributed by atoms with Gasteiger partial charge in [0.25, 0.3) is 5.91 Å². The fourth-order valence-corrected chi connectivity index (χ4v) is 4.29. The van der Waals surface area contributed by atoms with E-state index in [1.54, 1.807) is 6.07 Å². The van der Waals surface area contributed by atoms with Crippen LogP contribution in [0, 0.1) is 10.1 Å². The Hall–Kier alpha value is -2.03. The molecule has 6 nitrogen and oxygen atoms in total. The summed E-state index contributed by atoms with van der Waals surface area (Å²) in [5.74, 6) is -0.476. The van der Waals surface area contributed by atoms with Crippen LogP contribution in [0.4, 0.5) is 5.00 Å². The third-order valence-electron chi connectivity index (χ3n) is 3.27. The molecular formula is C15H12ClN3O3S2. The van der Waals surface area contributed by atoms with E-state index in [0.29, 0.717) is 9.82 Å². The van der Waals surface area contributed by atoms with Crippen LogP contribution < -0.4 is 4.80 Å². The first-order valence-electron chi connectivity index (χ1n) is 7.11. The van der Waals surface area contributed by atoms with Crippen molar-refractivity contribution in [3.8, 4) is 0 Å². The Bertz CT molecular complexity index is 1000. The molecule has 0 aliphatic heterocycles. The number of thiophene rings is 1. The monoisotopic (exact) mass is 381 g/mol. The molecule has 2 aromatic heterocycles. The van der Waals surface area contributed by atoms with E-state index < -0.39 is 10.8 Å². The number of fused-ring (bicyclic) bond motifs is 1. The molecule has 0 radical (unpaired) electrons. The van der Waals surface area contributed by atoms with Crippen molar-refractivity contribution in [1.82, 2.24) is 4.57 Å². The van der Waals surface area contributed by atoms with Gasteiger partial charge < -0.3 is 4.57 Å². The predicted molar refractivity (Wildman–Crippen MR) is 96.0 cm³/mol. The van der Waals surface area contributed by atoms with Crippen molar-refractivity contribution in [1.29, 1.82) is 0 Å². The summed E-state index contributed by atoms with van der Waals surface area (Å²) in [6.07, 6.45) is 0.889. The molecule has 0 fully saturated rings. The SMILES string of the molecule is CCCn1c(=NC(=O)c2ccc([N+](=O)[O-])s2)sc2cc(Cl)ccc21. The zero-order chi connectivity index (χ0) is 17.3. The van der Waals surface area contributed by atoms with Crippen molar-refractivity contribution in [3.05, 3.63) is 55.1 Å². The minimum Gasteiger partial charge on any atom is -0.316 e. The highest BCUT2D eigenvalue weighted by Gasteiger charge is 2.15. The fraction of sp³-hybridized carbons (Fsp3) is 0.200. The van der Waals surface area contributed by atoms with Gasteiger partial charge in [-0.25, -0.2) is 0 Å². The van der Waals surface area contributed by atoms with Crippen LogP contribution >= 0.6 is 34.3 Å². The summed E-state index contributed by atoms with van der Waals surface area (Å²) in [7, 11) is 0. The lowest BCUT2D eigenvalue weighted by Gasteiger charge is -2.02. The number of hydrogen-bond donors (Lipinski definition) is 0. The van der Waals surface area contributed by atoms with Gasteiger partial charge in [-0.15, -0.1) is 0 Å². The largest absolute Gasteiger partial charge is 0.324 e. The van der Waals surface area contributed by atoms with Gasteiger partial charge in [0.05, 0.1) is 15.1 Å². The van der Waals surface area contributed by atoms with Gasteiger partial charge in [0.15, 0.2) is 4.80 Å². The number of benzene rings is 1.